The average Bonchev–Trinajstić information content (AvgIpc) is 3.07. The Kier molecular flexibility index (Phi) is 5.51. The molecule has 0 aliphatic heterocycles. The third-order valence-corrected chi connectivity index (χ3v) is 4.50. The van der Waals surface area contributed by atoms with Gasteiger partial charge in [-0.15, -0.1) is 22.7 Å². The molecule has 0 aliphatic rings. The van der Waals surface area contributed by atoms with Crippen LogP contribution in [0.15, 0.2) is 17.6 Å². The predicted octanol–water partition coefficient (Wildman–Crippen LogP) is 2.52. The summed E-state index contributed by atoms with van der Waals surface area (Å²) in [6.07, 6.45) is 2.11. The molecule has 4 nitrogen and oxygen atoms in total. The number of hydrogen-bond acceptors (Lipinski definition) is 5. The minimum Gasteiger partial charge on any atom is -0.395 e. The van der Waals surface area contributed by atoms with Gasteiger partial charge in [-0.3, -0.25) is 4.79 Å². The fraction of sp³-hybridized carbons (Fsp3) is 0.333. The number of aryl methyl sites for hydroxylation is 1. The van der Waals surface area contributed by atoms with Gasteiger partial charge in [0.05, 0.1) is 22.7 Å². The standard InChI is InChI=1S/C15H16N2O2S2/c1-11-16-8-14(21-11)15(19)17(2)9-12-7-13(20-10-12)5-3-4-6-18/h7-8,10,18H,4,6,9H2,1-2H3. The van der Waals surface area contributed by atoms with E-state index in [2.05, 4.69) is 16.8 Å². The predicted molar refractivity (Wildman–Crippen MR) is 85.5 cm³/mol. The summed E-state index contributed by atoms with van der Waals surface area (Å²) in [4.78, 5) is 19.6. The topological polar surface area (TPSA) is 53.4 Å². The number of aromatic nitrogens is 1. The molecule has 1 N–H and O–H groups in total. The summed E-state index contributed by atoms with van der Waals surface area (Å²) < 4.78 is 0. The summed E-state index contributed by atoms with van der Waals surface area (Å²) in [6.45, 7) is 2.52. The van der Waals surface area contributed by atoms with Crippen molar-refractivity contribution in [2.75, 3.05) is 13.7 Å². The molecule has 0 atom stereocenters. The normalized spacial score (nSPS) is 10.0. The number of nitrogens with zero attached hydrogens (tertiary/aromatic N) is 2. The lowest BCUT2D eigenvalue weighted by Gasteiger charge is -2.14. The molecule has 2 aromatic rings. The van der Waals surface area contributed by atoms with Crippen LogP contribution < -0.4 is 0 Å². The second-order valence-electron chi connectivity index (χ2n) is 4.50. The third-order valence-electron chi connectivity index (χ3n) is 2.70. The van der Waals surface area contributed by atoms with Crippen molar-refractivity contribution < 1.29 is 9.90 Å². The molecule has 21 heavy (non-hydrogen) atoms. The fourth-order valence-electron chi connectivity index (χ4n) is 1.72. The Morgan fingerprint density at radius 2 is 2.33 bits per heavy atom. The van der Waals surface area contributed by atoms with Crippen LogP contribution in [0.4, 0.5) is 0 Å². The van der Waals surface area contributed by atoms with Gasteiger partial charge in [-0.25, -0.2) is 4.98 Å². The van der Waals surface area contributed by atoms with Gasteiger partial charge in [-0.05, 0) is 23.9 Å². The summed E-state index contributed by atoms with van der Waals surface area (Å²) >= 11 is 2.96. The molecule has 0 aromatic carbocycles. The van der Waals surface area contributed by atoms with Crippen LogP contribution in [-0.2, 0) is 6.54 Å². The first kappa shape index (κ1) is 15.7. The maximum absolute atomic E-state index is 12.2. The number of aliphatic hydroxyl groups is 1. The van der Waals surface area contributed by atoms with E-state index in [0.29, 0.717) is 17.8 Å². The minimum atomic E-state index is -0.0142. The Morgan fingerprint density at radius 1 is 1.52 bits per heavy atom. The lowest BCUT2D eigenvalue weighted by atomic mass is 10.3. The first-order valence-corrected chi connectivity index (χ1v) is 8.15. The molecule has 6 heteroatoms. The van der Waals surface area contributed by atoms with Gasteiger partial charge < -0.3 is 10.0 Å². The van der Waals surface area contributed by atoms with Crippen LogP contribution in [0, 0.1) is 18.8 Å². The van der Waals surface area contributed by atoms with E-state index in [1.54, 1.807) is 29.5 Å². The molecule has 0 unspecified atom stereocenters. The molecule has 0 spiro atoms. The Morgan fingerprint density at radius 3 is 3.00 bits per heavy atom. The number of thiophene rings is 1. The van der Waals surface area contributed by atoms with E-state index >= 15 is 0 Å². The van der Waals surface area contributed by atoms with Crippen LogP contribution in [-0.4, -0.2) is 34.6 Å². The first-order valence-electron chi connectivity index (χ1n) is 6.45. The molecular formula is C15H16N2O2S2. The first-order chi connectivity index (χ1) is 10.1. The summed E-state index contributed by atoms with van der Waals surface area (Å²) in [5.74, 6) is 5.88. The Labute approximate surface area is 132 Å². The summed E-state index contributed by atoms with van der Waals surface area (Å²) in [7, 11) is 1.78. The minimum absolute atomic E-state index is 0.0142. The lowest BCUT2D eigenvalue weighted by Crippen LogP contribution is -2.25. The summed E-state index contributed by atoms with van der Waals surface area (Å²) in [5, 5.41) is 11.6. The largest absolute Gasteiger partial charge is 0.395 e. The molecule has 0 aliphatic carbocycles. The van der Waals surface area contributed by atoms with Crippen molar-refractivity contribution in [3.63, 3.8) is 0 Å². The number of amides is 1. The van der Waals surface area contributed by atoms with Gasteiger partial charge in [-0.1, -0.05) is 11.8 Å². The highest BCUT2D eigenvalue weighted by atomic mass is 32.1. The highest BCUT2D eigenvalue weighted by Crippen LogP contribution is 2.18. The SMILES string of the molecule is Cc1ncc(C(=O)N(C)Cc2csc(C#CCCO)c2)s1. The maximum Gasteiger partial charge on any atom is 0.265 e. The second-order valence-corrected chi connectivity index (χ2v) is 6.65. The zero-order chi connectivity index (χ0) is 15.2. The Hall–Kier alpha value is -1.68. The highest BCUT2D eigenvalue weighted by Gasteiger charge is 2.15. The number of thiazole rings is 1. The van der Waals surface area contributed by atoms with Crippen molar-refractivity contribution in [2.45, 2.75) is 19.9 Å². The van der Waals surface area contributed by atoms with Crippen molar-refractivity contribution in [1.82, 2.24) is 9.88 Å². The van der Waals surface area contributed by atoms with E-state index in [1.807, 2.05) is 18.4 Å². The summed E-state index contributed by atoms with van der Waals surface area (Å²) in [5.41, 5.74) is 1.06. The fourth-order valence-corrected chi connectivity index (χ4v) is 3.27. The number of hydrogen-bond donors (Lipinski definition) is 1. The molecule has 0 bridgehead atoms. The number of carbonyl (C=O) groups excluding carboxylic acids is 1. The van der Waals surface area contributed by atoms with E-state index in [9.17, 15) is 4.79 Å². The van der Waals surface area contributed by atoms with Gasteiger partial charge in [0.1, 0.15) is 4.88 Å². The molecule has 0 radical (unpaired) electrons. The molecule has 2 aromatic heterocycles. The Balaban J connectivity index is 1.98. The number of aliphatic hydroxyl groups excluding tert-OH is 1. The van der Waals surface area contributed by atoms with Crippen molar-refractivity contribution in [3.05, 3.63) is 38.0 Å². The van der Waals surface area contributed by atoms with Crippen LogP contribution in [0.25, 0.3) is 0 Å². The van der Waals surface area contributed by atoms with Gasteiger partial charge in [0, 0.05) is 20.0 Å². The van der Waals surface area contributed by atoms with Crippen LogP contribution >= 0.6 is 22.7 Å². The van der Waals surface area contributed by atoms with E-state index in [0.717, 1.165) is 15.4 Å². The van der Waals surface area contributed by atoms with Crippen molar-refractivity contribution in [2.24, 2.45) is 0 Å². The average molecular weight is 320 g/mol. The second kappa shape index (κ2) is 7.36. The van der Waals surface area contributed by atoms with Gasteiger partial charge >= 0.3 is 0 Å². The Bertz CT molecular complexity index is 679. The van der Waals surface area contributed by atoms with Crippen molar-refractivity contribution >= 4 is 28.6 Å². The van der Waals surface area contributed by atoms with E-state index in [-0.39, 0.29) is 12.5 Å². The molecule has 1 amide bonds. The summed E-state index contributed by atoms with van der Waals surface area (Å²) in [6, 6.07) is 1.98. The number of rotatable bonds is 4. The molecular weight excluding hydrogens is 304 g/mol. The van der Waals surface area contributed by atoms with Crippen LogP contribution in [0.5, 0.6) is 0 Å². The van der Waals surface area contributed by atoms with Crippen LogP contribution in [0.2, 0.25) is 0 Å². The number of carbonyl (C=O) groups is 1. The molecule has 0 fully saturated rings. The zero-order valence-electron chi connectivity index (χ0n) is 11.9. The lowest BCUT2D eigenvalue weighted by molar-refractivity contribution is 0.0790. The van der Waals surface area contributed by atoms with Gasteiger partial charge in [-0.2, -0.15) is 0 Å². The van der Waals surface area contributed by atoms with E-state index in [4.69, 9.17) is 5.11 Å². The zero-order valence-corrected chi connectivity index (χ0v) is 13.6. The quantitative estimate of drug-likeness (QED) is 0.881. The smallest absolute Gasteiger partial charge is 0.265 e. The van der Waals surface area contributed by atoms with Crippen LogP contribution in [0.3, 0.4) is 0 Å². The molecule has 0 saturated heterocycles. The molecule has 0 saturated carbocycles. The highest BCUT2D eigenvalue weighted by molar-refractivity contribution is 7.13. The monoisotopic (exact) mass is 320 g/mol. The van der Waals surface area contributed by atoms with Gasteiger partial charge in [0.25, 0.3) is 5.91 Å². The van der Waals surface area contributed by atoms with E-state index in [1.165, 1.54) is 11.3 Å². The van der Waals surface area contributed by atoms with Gasteiger partial charge in [0.15, 0.2) is 0 Å². The van der Waals surface area contributed by atoms with Crippen molar-refractivity contribution in [1.29, 1.82) is 0 Å². The van der Waals surface area contributed by atoms with Gasteiger partial charge in [0.2, 0.25) is 0 Å². The molecule has 2 rings (SSSR count). The molecule has 110 valence electrons. The molecule has 2 heterocycles. The van der Waals surface area contributed by atoms with E-state index < -0.39 is 0 Å². The van der Waals surface area contributed by atoms with Crippen LogP contribution in [0.1, 0.15) is 31.5 Å². The maximum atomic E-state index is 12.2. The third kappa shape index (κ3) is 4.39. The van der Waals surface area contributed by atoms with Crippen molar-refractivity contribution in [3.8, 4) is 11.8 Å².